The fraction of sp³-hybridized carbons (Fsp3) is 0.111. The second-order valence-corrected chi connectivity index (χ2v) is 5.30. The van der Waals surface area contributed by atoms with Crippen molar-refractivity contribution in [2.75, 3.05) is 12.1 Å². The highest BCUT2D eigenvalue weighted by atomic mass is 19.3. The molecule has 26 heavy (non-hydrogen) atoms. The van der Waals surface area contributed by atoms with Crippen molar-refractivity contribution >= 4 is 17.3 Å². The second-order valence-electron chi connectivity index (χ2n) is 5.30. The third-order valence-corrected chi connectivity index (χ3v) is 3.57. The first-order valence-electron chi connectivity index (χ1n) is 7.61. The van der Waals surface area contributed by atoms with Gasteiger partial charge in [-0.3, -0.25) is 4.79 Å². The van der Waals surface area contributed by atoms with Gasteiger partial charge in [0.25, 0.3) is 5.91 Å². The number of benzene rings is 2. The van der Waals surface area contributed by atoms with Gasteiger partial charge in [0.15, 0.2) is 0 Å². The first-order chi connectivity index (χ1) is 12.5. The van der Waals surface area contributed by atoms with Gasteiger partial charge in [0, 0.05) is 18.8 Å². The van der Waals surface area contributed by atoms with Crippen molar-refractivity contribution in [1.29, 1.82) is 0 Å². The van der Waals surface area contributed by atoms with E-state index >= 15 is 0 Å². The first kappa shape index (κ1) is 17.5. The maximum absolute atomic E-state index is 13.1. The van der Waals surface area contributed by atoms with Gasteiger partial charge in [0.1, 0.15) is 17.3 Å². The molecule has 0 saturated heterocycles. The van der Waals surface area contributed by atoms with Gasteiger partial charge in [-0.05, 0) is 36.4 Å². The average molecular weight is 361 g/mol. The zero-order valence-corrected chi connectivity index (χ0v) is 13.6. The van der Waals surface area contributed by atoms with Gasteiger partial charge >= 0.3 is 6.61 Å². The number of hydrazone groups is 1. The molecule has 0 aliphatic carbocycles. The molecule has 1 aliphatic heterocycles. The smallest absolute Gasteiger partial charge is 0.387 e. The molecule has 0 saturated carbocycles. The maximum Gasteiger partial charge on any atom is 0.387 e. The summed E-state index contributed by atoms with van der Waals surface area (Å²) in [5.41, 5.74) is 1.34. The topological polar surface area (TPSA) is 53.9 Å². The SMILES string of the molecule is CN/C=C1/C(=O)N(c2ccc(F)cc2)N=C1c1cccc(OC(F)F)c1. The molecule has 0 atom stereocenters. The average Bonchev–Trinajstić information content (AvgIpc) is 2.93. The number of ether oxygens (including phenoxy) is 1. The molecule has 8 heteroatoms. The third kappa shape index (κ3) is 3.53. The molecule has 2 aromatic rings. The molecular weight excluding hydrogens is 347 g/mol. The van der Waals surface area contributed by atoms with E-state index in [9.17, 15) is 18.0 Å². The van der Waals surface area contributed by atoms with Gasteiger partial charge < -0.3 is 10.1 Å². The number of nitrogens with one attached hydrogen (secondary N) is 1. The number of hydrogen-bond donors (Lipinski definition) is 1. The lowest BCUT2D eigenvalue weighted by atomic mass is 10.0. The van der Waals surface area contributed by atoms with Crippen molar-refractivity contribution in [2.24, 2.45) is 5.10 Å². The van der Waals surface area contributed by atoms with Crippen LogP contribution in [-0.2, 0) is 4.79 Å². The number of carbonyl (C=O) groups is 1. The summed E-state index contributed by atoms with van der Waals surface area (Å²) >= 11 is 0. The lowest BCUT2D eigenvalue weighted by molar-refractivity contribution is -0.114. The van der Waals surface area contributed by atoms with Crippen LogP contribution in [0.2, 0.25) is 0 Å². The number of carbonyl (C=O) groups excluding carboxylic acids is 1. The maximum atomic E-state index is 13.1. The van der Waals surface area contributed by atoms with E-state index in [0.717, 1.165) is 5.01 Å². The normalized spacial score (nSPS) is 15.6. The van der Waals surface area contributed by atoms with Crippen molar-refractivity contribution < 1.29 is 22.7 Å². The number of alkyl halides is 2. The van der Waals surface area contributed by atoms with Crippen LogP contribution in [0.25, 0.3) is 0 Å². The molecule has 1 N–H and O–H groups in total. The van der Waals surface area contributed by atoms with E-state index in [-0.39, 0.29) is 17.0 Å². The van der Waals surface area contributed by atoms with Crippen LogP contribution in [0.3, 0.4) is 0 Å². The van der Waals surface area contributed by atoms with Gasteiger partial charge in [-0.15, -0.1) is 0 Å². The molecule has 0 unspecified atom stereocenters. The summed E-state index contributed by atoms with van der Waals surface area (Å²) in [5.74, 6) is -0.912. The molecule has 0 spiro atoms. The predicted octanol–water partition coefficient (Wildman–Crippen LogP) is 3.28. The standard InChI is InChI=1S/C18H14F3N3O2/c1-22-10-15-16(11-3-2-4-14(9-11)26-18(20)21)23-24(17(15)25)13-7-5-12(19)6-8-13/h2-10,18,22H,1H3/b15-10+. The summed E-state index contributed by atoms with van der Waals surface area (Å²) in [7, 11) is 1.62. The Bertz CT molecular complexity index is 880. The molecule has 134 valence electrons. The second kappa shape index (κ2) is 7.30. The van der Waals surface area contributed by atoms with Crippen molar-refractivity contribution in [3.8, 4) is 5.75 Å². The zero-order valence-electron chi connectivity index (χ0n) is 13.6. The highest BCUT2D eigenvalue weighted by Gasteiger charge is 2.32. The van der Waals surface area contributed by atoms with Gasteiger partial charge in [0.05, 0.1) is 11.3 Å². The summed E-state index contributed by atoms with van der Waals surface area (Å²) in [6, 6.07) is 11.2. The molecular formula is C18H14F3N3O2. The van der Waals surface area contributed by atoms with Gasteiger partial charge in [0.2, 0.25) is 0 Å². The van der Waals surface area contributed by atoms with Crippen molar-refractivity contribution in [3.05, 3.63) is 71.7 Å². The summed E-state index contributed by atoms with van der Waals surface area (Å²) in [6.07, 6.45) is 1.46. The Balaban J connectivity index is 2.02. The highest BCUT2D eigenvalue weighted by Crippen LogP contribution is 2.27. The summed E-state index contributed by atoms with van der Waals surface area (Å²) in [4.78, 5) is 12.7. The number of hydrogen-bond acceptors (Lipinski definition) is 4. The molecule has 1 aliphatic rings. The number of amides is 1. The van der Waals surface area contributed by atoms with Crippen LogP contribution in [0.4, 0.5) is 18.9 Å². The van der Waals surface area contributed by atoms with Crippen LogP contribution in [0.1, 0.15) is 5.56 Å². The number of halogens is 3. The molecule has 0 bridgehead atoms. The molecule has 3 rings (SSSR count). The molecule has 5 nitrogen and oxygen atoms in total. The molecule has 0 aromatic heterocycles. The Morgan fingerprint density at radius 1 is 1.19 bits per heavy atom. The molecule has 1 heterocycles. The van der Waals surface area contributed by atoms with Crippen LogP contribution in [0.15, 0.2) is 65.4 Å². The Kier molecular flexibility index (Phi) is 4.92. The van der Waals surface area contributed by atoms with Crippen LogP contribution < -0.4 is 15.1 Å². The number of rotatable bonds is 5. The fourth-order valence-electron chi connectivity index (χ4n) is 2.48. The minimum atomic E-state index is -2.96. The Morgan fingerprint density at radius 2 is 1.92 bits per heavy atom. The molecule has 2 aromatic carbocycles. The lowest BCUT2D eigenvalue weighted by Gasteiger charge is -2.11. The van der Waals surface area contributed by atoms with Crippen molar-refractivity contribution in [1.82, 2.24) is 5.32 Å². The first-order valence-corrected chi connectivity index (χ1v) is 7.61. The minimum Gasteiger partial charge on any atom is -0.435 e. The van der Waals surface area contributed by atoms with Crippen LogP contribution in [-0.4, -0.2) is 25.3 Å². The molecule has 0 radical (unpaired) electrons. The fourth-order valence-corrected chi connectivity index (χ4v) is 2.48. The van der Waals surface area contributed by atoms with Crippen LogP contribution in [0, 0.1) is 5.82 Å². The van der Waals surface area contributed by atoms with Crippen molar-refractivity contribution in [3.63, 3.8) is 0 Å². The van der Waals surface area contributed by atoms with Crippen molar-refractivity contribution in [2.45, 2.75) is 6.61 Å². The molecule has 0 fully saturated rings. The largest absolute Gasteiger partial charge is 0.435 e. The summed E-state index contributed by atoms with van der Waals surface area (Å²) in [5, 5.41) is 8.18. The van der Waals surface area contributed by atoms with E-state index in [1.54, 1.807) is 13.1 Å². The predicted molar refractivity (Wildman–Crippen MR) is 90.6 cm³/mol. The molecule has 1 amide bonds. The number of anilines is 1. The Labute approximate surface area is 147 Å². The van der Waals surface area contributed by atoms with Gasteiger partial charge in [-0.2, -0.15) is 18.9 Å². The Hall–Kier alpha value is -3.29. The monoisotopic (exact) mass is 361 g/mol. The summed E-state index contributed by atoms with van der Waals surface area (Å²) < 4.78 is 42.4. The zero-order chi connectivity index (χ0) is 18.7. The van der Waals surface area contributed by atoms with E-state index in [1.807, 2.05) is 0 Å². The van der Waals surface area contributed by atoms with E-state index < -0.39 is 18.3 Å². The third-order valence-electron chi connectivity index (χ3n) is 3.57. The van der Waals surface area contributed by atoms with Crippen LogP contribution in [0.5, 0.6) is 5.75 Å². The number of nitrogens with zero attached hydrogens (tertiary/aromatic N) is 2. The summed E-state index contributed by atoms with van der Waals surface area (Å²) in [6.45, 7) is -2.96. The van der Waals surface area contributed by atoms with Crippen LogP contribution >= 0.6 is 0 Å². The van der Waals surface area contributed by atoms with Gasteiger partial charge in [-0.1, -0.05) is 12.1 Å². The highest BCUT2D eigenvalue weighted by molar-refractivity contribution is 6.35. The van der Waals surface area contributed by atoms with Gasteiger partial charge in [-0.25, -0.2) is 4.39 Å². The Morgan fingerprint density at radius 3 is 2.58 bits per heavy atom. The quantitative estimate of drug-likeness (QED) is 0.832. The van der Waals surface area contributed by atoms with E-state index in [2.05, 4.69) is 15.2 Å². The van der Waals surface area contributed by atoms with E-state index in [4.69, 9.17) is 0 Å². The minimum absolute atomic E-state index is 0.0447. The lowest BCUT2D eigenvalue weighted by Crippen LogP contribution is -2.22. The van der Waals surface area contributed by atoms with E-state index in [1.165, 1.54) is 48.7 Å². The van der Waals surface area contributed by atoms with E-state index in [0.29, 0.717) is 11.3 Å².